The molecule has 0 aliphatic rings. The Hall–Kier alpha value is -1.32. The van der Waals surface area contributed by atoms with Crippen molar-refractivity contribution in [3.63, 3.8) is 0 Å². The number of rotatable bonds is 1. The maximum Gasteiger partial charge on any atom is 0.200 e. The van der Waals surface area contributed by atoms with Crippen LogP contribution in [0.4, 0.5) is 5.95 Å². The molecule has 2 N–H and O–H groups in total. The molecule has 0 bridgehead atoms. The zero-order valence-corrected chi connectivity index (χ0v) is 5.03. The molecule has 4 nitrogen and oxygen atoms in total. The Morgan fingerprint density at radius 1 is 1.89 bits per heavy atom. The lowest BCUT2D eigenvalue weighted by Crippen LogP contribution is -1.99. The Balaban J connectivity index is 3.18. The summed E-state index contributed by atoms with van der Waals surface area (Å²) in [5.74, 6) is 0.358. The van der Waals surface area contributed by atoms with Gasteiger partial charge in [-0.15, -0.1) is 0 Å². The largest absolute Gasteiger partial charge is 0.369 e. The number of anilines is 1. The van der Waals surface area contributed by atoms with E-state index in [-0.39, 0.29) is 0 Å². The van der Waals surface area contributed by atoms with Gasteiger partial charge in [0.2, 0.25) is 0 Å². The van der Waals surface area contributed by atoms with E-state index in [1.807, 2.05) is 0 Å². The molecule has 1 rings (SSSR count). The van der Waals surface area contributed by atoms with Crippen molar-refractivity contribution in [1.29, 1.82) is 0 Å². The van der Waals surface area contributed by atoms with Crippen LogP contribution in [-0.2, 0) is 7.05 Å². The maximum atomic E-state index is 10.1. The summed E-state index contributed by atoms with van der Waals surface area (Å²) in [6.07, 6.45) is 2.14. The van der Waals surface area contributed by atoms with Crippen LogP contribution >= 0.6 is 0 Å². The lowest BCUT2D eigenvalue weighted by molar-refractivity contribution is 0.111. The van der Waals surface area contributed by atoms with E-state index < -0.39 is 0 Å². The summed E-state index contributed by atoms with van der Waals surface area (Å²) in [6.45, 7) is 0. The van der Waals surface area contributed by atoms with E-state index in [1.54, 1.807) is 7.05 Å². The minimum absolute atomic E-state index is 0.358. The molecule has 0 atom stereocenters. The average molecular weight is 125 g/mol. The number of nitrogen functional groups attached to an aromatic ring is 1. The molecule has 48 valence electrons. The van der Waals surface area contributed by atoms with Crippen LogP contribution in [0.1, 0.15) is 10.5 Å². The van der Waals surface area contributed by atoms with Gasteiger partial charge in [0.1, 0.15) is 5.69 Å². The molecular formula is C5H7N3O. The number of imidazole rings is 1. The Labute approximate surface area is 52.3 Å². The molecule has 9 heavy (non-hydrogen) atoms. The van der Waals surface area contributed by atoms with Crippen LogP contribution in [0.3, 0.4) is 0 Å². The third-order valence-electron chi connectivity index (χ3n) is 1.18. The van der Waals surface area contributed by atoms with Gasteiger partial charge in [-0.05, 0) is 0 Å². The second-order valence-corrected chi connectivity index (χ2v) is 1.72. The zero-order valence-electron chi connectivity index (χ0n) is 5.03. The molecule has 0 unspecified atom stereocenters. The molecule has 0 aliphatic heterocycles. The van der Waals surface area contributed by atoms with Crippen LogP contribution in [0.15, 0.2) is 6.20 Å². The molecule has 0 spiro atoms. The third-order valence-corrected chi connectivity index (χ3v) is 1.18. The first-order chi connectivity index (χ1) is 4.25. The zero-order chi connectivity index (χ0) is 6.85. The highest BCUT2D eigenvalue weighted by Crippen LogP contribution is 1.99. The van der Waals surface area contributed by atoms with Gasteiger partial charge in [0.25, 0.3) is 0 Å². The van der Waals surface area contributed by atoms with Gasteiger partial charge in [-0.3, -0.25) is 4.79 Å². The van der Waals surface area contributed by atoms with Crippen LogP contribution in [0.25, 0.3) is 0 Å². The summed E-state index contributed by atoms with van der Waals surface area (Å²) in [7, 11) is 1.69. The van der Waals surface area contributed by atoms with Crippen molar-refractivity contribution < 1.29 is 4.79 Å². The van der Waals surface area contributed by atoms with E-state index in [9.17, 15) is 4.79 Å². The van der Waals surface area contributed by atoms with Crippen molar-refractivity contribution in [3.05, 3.63) is 11.9 Å². The van der Waals surface area contributed by atoms with Gasteiger partial charge in [0.05, 0.1) is 6.20 Å². The Kier molecular flexibility index (Phi) is 1.22. The second-order valence-electron chi connectivity index (χ2n) is 1.72. The van der Waals surface area contributed by atoms with Gasteiger partial charge >= 0.3 is 0 Å². The van der Waals surface area contributed by atoms with Crippen molar-refractivity contribution >= 4 is 12.2 Å². The number of nitrogens with two attached hydrogens (primary N) is 1. The fraction of sp³-hybridized carbons (Fsp3) is 0.200. The topological polar surface area (TPSA) is 60.9 Å². The quantitative estimate of drug-likeness (QED) is 0.529. The SMILES string of the molecule is Cn1c(C=O)cnc1N. The molecule has 0 saturated heterocycles. The van der Waals surface area contributed by atoms with E-state index in [1.165, 1.54) is 10.8 Å². The molecule has 0 amide bonds. The highest BCUT2D eigenvalue weighted by atomic mass is 16.1. The van der Waals surface area contributed by atoms with Crippen LogP contribution < -0.4 is 5.73 Å². The molecule has 0 aromatic carbocycles. The predicted molar refractivity (Wildman–Crippen MR) is 33.0 cm³/mol. The Morgan fingerprint density at radius 2 is 2.56 bits per heavy atom. The van der Waals surface area contributed by atoms with Crippen molar-refractivity contribution in [1.82, 2.24) is 9.55 Å². The summed E-state index contributed by atoms with van der Waals surface area (Å²) in [5.41, 5.74) is 5.80. The third kappa shape index (κ3) is 0.782. The highest BCUT2D eigenvalue weighted by Gasteiger charge is 1.98. The maximum absolute atomic E-state index is 10.1. The van der Waals surface area contributed by atoms with Gasteiger partial charge in [-0.25, -0.2) is 4.98 Å². The van der Waals surface area contributed by atoms with Crippen molar-refractivity contribution in [3.8, 4) is 0 Å². The van der Waals surface area contributed by atoms with Gasteiger partial charge in [0, 0.05) is 7.05 Å². The van der Waals surface area contributed by atoms with Crippen molar-refractivity contribution in [2.45, 2.75) is 0 Å². The predicted octanol–water partition coefficient (Wildman–Crippen LogP) is -0.185. The molecule has 1 aromatic heterocycles. The number of hydrogen-bond acceptors (Lipinski definition) is 3. The highest BCUT2D eigenvalue weighted by molar-refractivity contribution is 5.72. The number of hydrogen-bond donors (Lipinski definition) is 1. The van der Waals surface area contributed by atoms with Crippen LogP contribution in [0.2, 0.25) is 0 Å². The minimum atomic E-state index is 0.358. The number of nitrogens with zero attached hydrogens (tertiary/aromatic N) is 2. The molecule has 0 fully saturated rings. The minimum Gasteiger partial charge on any atom is -0.369 e. The first-order valence-corrected chi connectivity index (χ1v) is 2.48. The number of carbonyl (C=O) groups is 1. The van der Waals surface area contributed by atoms with Crippen molar-refractivity contribution in [2.75, 3.05) is 5.73 Å². The molecular weight excluding hydrogens is 118 g/mol. The van der Waals surface area contributed by atoms with Gasteiger partial charge in [0.15, 0.2) is 12.2 Å². The van der Waals surface area contributed by atoms with E-state index >= 15 is 0 Å². The second kappa shape index (κ2) is 1.89. The summed E-state index contributed by atoms with van der Waals surface area (Å²) in [4.78, 5) is 13.8. The number of carbonyl (C=O) groups excluding carboxylic acids is 1. The molecule has 1 aromatic rings. The fourth-order valence-electron chi connectivity index (χ4n) is 0.547. The fourth-order valence-corrected chi connectivity index (χ4v) is 0.547. The average Bonchev–Trinajstić information content (AvgIpc) is 2.15. The molecule has 0 radical (unpaired) electrons. The lowest BCUT2D eigenvalue weighted by Gasteiger charge is -1.92. The monoisotopic (exact) mass is 125 g/mol. The summed E-state index contributed by atoms with van der Waals surface area (Å²) < 4.78 is 1.52. The van der Waals surface area contributed by atoms with Gasteiger partial charge in [-0.1, -0.05) is 0 Å². The lowest BCUT2D eigenvalue weighted by atomic mass is 10.5. The molecule has 1 heterocycles. The number of aldehydes is 1. The molecule has 0 aliphatic carbocycles. The normalized spacial score (nSPS) is 9.44. The summed E-state index contributed by atoms with van der Waals surface area (Å²) >= 11 is 0. The molecule has 4 heteroatoms. The van der Waals surface area contributed by atoms with E-state index in [0.29, 0.717) is 17.9 Å². The standard InChI is InChI=1S/C5H7N3O/c1-8-4(3-9)2-7-5(8)6/h2-3H,1H3,(H2,6,7). The van der Waals surface area contributed by atoms with Crippen molar-refractivity contribution in [2.24, 2.45) is 7.05 Å². The van der Waals surface area contributed by atoms with Crippen LogP contribution in [-0.4, -0.2) is 15.8 Å². The Morgan fingerprint density at radius 3 is 2.78 bits per heavy atom. The van der Waals surface area contributed by atoms with E-state index in [0.717, 1.165) is 0 Å². The summed E-state index contributed by atoms with van der Waals surface area (Å²) in [6, 6.07) is 0. The van der Waals surface area contributed by atoms with Gasteiger partial charge in [-0.2, -0.15) is 0 Å². The van der Waals surface area contributed by atoms with Crippen LogP contribution in [0, 0.1) is 0 Å². The number of aromatic nitrogens is 2. The van der Waals surface area contributed by atoms with E-state index in [4.69, 9.17) is 5.73 Å². The molecule has 0 saturated carbocycles. The first kappa shape index (κ1) is 5.81. The van der Waals surface area contributed by atoms with E-state index in [2.05, 4.69) is 4.98 Å². The first-order valence-electron chi connectivity index (χ1n) is 2.48. The Bertz CT molecular complexity index is 228. The van der Waals surface area contributed by atoms with Crippen LogP contribution in [0.5, 0.6) is 0 Å². The smallest absolute Gasteiger partial charge is 0.200 e. The summed E-state index contributed by atoms with van der Waals surface area (Å²) in [5, 5.41) is 0. The van der Waals surface area contributed by atoms with Gasteiger partial charge < -0.3 is 10.3 Å².